The highest BCUT2D eigenvalue weighted by atomic mass is 35.5. The number of halogens is 5. The molecular weight excluding hydrogens is 456 g/mol. The lowest BCUT2D eigenvalue weighted by molar-refractivity contribution is -0.138. The highest BCUT2D eigenvalue weighted by Crippen LogP contribution is 2.39. The lowest BCUT2D eigenvalue weighted by Gasteiger charge is -2.09. The fourth-order valence-corrected chi connectivity index (χ4v) is 4.28. The number of fused-ring (bicyclic) bond motifs is 1. The Hall–Kier alpha value is -2.29. The summed E-state index contributed by atoms with van der Waals surface area (Å²) in [5.74, 6) is -1.10. The Bertz CT molecular complexity index is 1150. The smallest absolute Gasteiger partial charge is 0.416 e. The molecule has 31 heavy (non-hydrogen) atoms. The van der Waals surface area contributed by atoms with E-state index in [1.165, 1.54) is 10.7 Å². The quantitative estimate of drug-likeness (QED) is 0.497. The van der Waals surface area contributed by atoms with Gasteiger partial charge in [0.15, 0.2) is 0 Å². The van der Waals surface area contributed by atoms with Gasteiger partial charge in [-0.3, -0.25) is 9.48 Å². The van der Waals surface area contributed by atoms with E-state index in [-0.39, 0.29) is 25.5 Å². The van der Waals surface area contributed by atoms with Gasteiger partial charge in [-0.25, -0.2) is 0 Å². The number of carboxylic acids is 1. The third-order valence-corrected chi connectivity index (χ3v) is 5.88. The molecule has 1 fully saturated rings. The van der Waals surface area contributed by atoms with Crippen LogP contribution in [0.1, 0.15) is 35.8 Å². The summed E-state index contributed by atoms with van der Waals surface area (Å²) >= 11 is 12.2. The summed E-state index contributed by atoms with van der Waals surface area (Å²) < 4.78 is 47.2. The van der Waals surface area contributed by atoms with E-state index in [0.29, 0.717) is 38.6 Å². The molecule has 0 bridgehead atoms. The van der Waals surface area contributed by atoms with Gasteiger partial charge < -0.3 is 9.84 Å². The molecule has 0 spiro atoms. The minimum atomic E-state index is -4.50. The predicted octanol–water partition coefficient (Wildman–Crippen LogP) is 5.96. The Balaban J connectivity index is 1.76. The zero-order valence-corrected chi connectivity index (χ0v) is 17.5. The van der Waals surface area contributed by atoms with E-state index in [9.17, 15) is 18.0 Å². The number of rotatable bonds is 5. The van der Waals surface area contributed by atoms with Crippen LogP contribution in [0.25, 0.3) is 10.9 Å². The topological polar surface area (TPSA) is 64.3 Å². The molecule has 0 radical (unpaired) electrons. The summed E-state index contributed by atoms with van der Waals surface area (Å²) in [4.78, 5) is 11.0. The summed E-state index contributed by atoms with van der Waals surface area (Å²) in [6.07, 6.45) is -4.60. The van der Waals surface area contributed by atoms with Gasteiger partial charge in [-0.1, -0.05) is 35.3 Å². The van der Waals surface area contributed by atoms with Crippen molar-refractivity contribution < 1.29 is 27.8 Å². The number of alkyl halides is 3. The lowest BCUT2D eigenvalue weighted by Crippen LogP contribution is -2.07. The largest absolute Gasteiger partial charge is 0.481 e. The maximum atomic E-state index is 13.3. The molecule has 2 unspecified atom stereocenters. The van der Waals surface area contributed by atoms with E-state index in [4.69, 9.17) is 33.0 Å². The first-order chi connectivity index (χ1) is 14.6. The number of aliphatic carboxylic acids is 1. The van der Waals surface area contributed by atoms with Crippen LogP contribution in [0.4, 0.5) is 13.2 Å². The van der Waals surface area contributed by atoms with Gasteiger partial charge >= 0.3 is 12.1 Å². The predicted molar refractivity (Wildman–Crippen MR) is 109 cm³/mol. The highest BCUT2D eigenvalue weighted by Gasteiger charge is 2.34. The van der Waals surface area contributed by atoms with Gasteiger partial charge in [-0.15, -0.1) is 0 Å². The molecule has 4 rings (SSSR count). The Morgan fingerprint density at radius 3 is 2.68 bits per heavy atom. The van der Waals surface area contributed by atoms with E-state index < -0.39 is 23.8 Å². The van der Waals surface area contributed by atoms with Crippen LogP contribution in [-0.2, 0) is 22.3 Å². The number of carbonyl (C=O) groups is 1. The van der Waals surface area contributed by atoms with Crippen LogP contribution in [0, 0.1) is 5.92 Å². The van der Waals surface area contributed by atoms with Gasteiger partial charge in [-0.2, -0.15) is 18.3 Å². The first-order valence-corrected chi connectivity index (χ1v) is 10.2. The van der Waals surface area contributed by atoms with E-state index in [1.807, 2.05) is 0 Å². The molecule has 2 aromatic carbocycles. The van der Waals surface area contributed by atoms with Crippen LogP contribution in [0.3, 0.4) is 0 Å². The van der Waals surface area contributed by atoms with Crippen LogP contribution >= 0.6 is 23.2 Å². The van der Waals surface area contributed by atoms with Crippen LogP contribution < -0.4 is 0 Å². The van der Waals surface area contributed by atoms with Gasteiger partial charge in [0.25, 0.3) is 0 Å². The lowest BCUT2D eigenvalue weighted by atomic mass is 9.99. The number of nitrogens with zero attached hydrogens (tertiary/aromatic N) is 2. The molecular formula is C21H17Cl2F3N2O3. The van der Waals surface area contributed by atoms with Crippen molar-refractivity contribution in [3.05, 3.63) is 63.3 Å². The van der Waals surface area contributed by atoms with Gasteiger partial charge in [0, 0.05) is 15.4 Å². The molecule has 1 N–H and O–H groups in total. The number of carboxylic acid groups (broad SMARTS) is 1. The maximum absolute atomic E-state index is 13.3. The molecule has 3 aromatic rings. The minimum Gasteiger partial charge on any atom is -0.481 e. The molecule has 0 saturated carbocycles. The molecule has 1 aliphatic rings. The van der Waals surface area contributed by atoms with Crippen molar-refractivity contribution in [1.29, 1.82) is 0 Å². The maximum Gasteiger partial charge on any atom is 0.416 e. The van der Waals surface area contributed by atoms with E-state index in [1.54, 1.807) is 18.2 Å². The number of hydrogen-bond donors (Lipinski definition) is 1. The van der Waals surface area contributed by atoms with Crippen molar-refractivity contribution in [3.63, 3.8) is 0 Å². The molecule has 5 nitrogen and oxygen atoms in total. The molecule has 0 aliphatic carbocycles. The number of hydrogen-bond acceptors (Lipinski definition) is 3. The molecule has 164 valence electrons. The Kier molecular flexibility index (Phi) is 5.89. The fraction of sp³-hybridized carbons (Fsp3) is 0.333. The monoisotopic (exact) mass is 472 g/mol. The Morgan fingerprint density at radius 1 is 1.23 bits per heavy atom. The molecule has 2 heterocycles. The molecule has 1 aromatic heterocycles. The van der Waals surface area contributed by atoms with Crippen LogP contribution in [0.15, 0.2) is 36.4 Å². The van der Waals surface area contributed by atoms with Crippen LogP contribution in [0.5, 0.6) is 0 Å². The fourth-order valence-electron chi connectivity index (χ4n) is 3.82. The standard InChI is InChI=1S/C21H17Cl2F3N2O3/c22-14-3-1-12(16(23)8-14)9-28-17-7-13(21(24,25)26)2-4-15(17)20(27-28)18-5-11(10-31-18)6-19(29)30/h1-4,7-8,11,18H,5-6,9-10H2,(H,29,30). The van der Waals surface area contributed by atoms with Crippen LogP contribution in [-0.4, -0.2) is 27.5 Å². The van der Waals surface area contributed by atoms with Gasteiger partial charge in [0.2, 0.25) is 0 Å². The minimum absolute atomic E-state index is 0.0340. The Morgan fingerprint density at radius 2 is 2.00 bits per heavy atom. The number of ether oxygens (including phenoxy) is 1. The van der Waals surface area contributed by atoms with Crippen molar-refractivity contribution in [2.24, 2.45) is 5.92 Å². The second-order valence-corrected chi connectivity index (χ2v) is 8.37. The summed E-state index contributed by atoms with van der Waals surface area (Å²) in [7, 11) is 0. The van der Waals surface area contributed by atoms with Crippen molar-refractivity contribution in [3.8, 4) is 0 Å². The van der Waals surface area contributed by atoms with Crippen LogP contribution in [0.2, 0.25) is 10.0 Å². The molecule has 10 heteroatoms. The molecule has 1 aliphatic heterocycles. The van der Waals surface area contributed by atoms with Gasteiger partial charge in [0.05, 0.1) is 36.3 Å². The molecule has 0 amide bonds. The van der Waals surface area contributed by atoms with Crippen molar-refractivity contribution in [2.45, 2.75) is 31.7 Å². The average molecular weight is 473 g/mol. The van der Waals surface area contributed by atoms with E-state index >= 15 is 0 Å². The number of aromatic nitrogens is 2. The third kappa shape index (κ3) is 4.66. The zero-order chi connectivity index (χ0) is 22.3. The highest BCUT2D eigenvalue weighted by molar-refractivity contribution is 6.35. The second-order valence-electron chi connectivity index (χ2n) is 7.53. The van der Waals surface area contributed by atoms with Crippen molar-refractivity contribution in [2.75, 3.05) is 6.61 Å². The summed E-state index contributed by atoms with van der Waals surface area (Å²) in [6.45, 7) is 0.397. The normalized spacial score (nSPS) is 19.3. The first kappa shape index (κ1) is 21.9. The summed E-state index contributed by atoms with van der Waals surface area (Å²) in [5, 5.41) is 14.9. The van der Waals surface area contributed by atoms with Gasteiger partial charge in [0.1, 0.15) is 6.10 Å². The average Bonchev–Trinajstić information content (AvgIpc) is 3.27. The summed E-state index contributed by atoms with van der Waals surface area (Å²) in [6, 6.07) is 8.35. The summed E-state index contributed by atoms with van der Waals surface area (Å²) in [5.41, 5.74) is 0.643. The molecule has 2 atom stereocenters. The van der Waals surface area contributed by atoms with Crippen molar-refractivity contribution >= 4 is 40.1 Å². The van der Waals surface area contributed by atoms with Crippen molar-refractivity contribution in [1.82, 2.24) is 9.78 Å². The Labute approximate surface area is 185 Å². The zero-order valence-electron chi connectivity index (χ0n) is 16.0. The van der Waals surface area contributed by atoms with E-state index in [0.717, 1.165) is 12.1 Å². The number of benzene rings is 2. The molecule has 1 saturated heterocycles. The van der Waals surface area contributed by atoms with Gasteiger partial charge in [-0.05, 0) is 42.2 Å². The first-order valence-electron chi connectivity index (χ1n) is 9.47. The van der Waals surface area contributed by atoms with E-state index in [2.05, 4.69) is 5.10 Å². The third-order valence-electron chi connectivity index (χ3n) is 5.29. The SMILES string of the molecule is O=C(O)CC1COC(c2nn(Cc3ccc(Cl)cc3Cl)c3cc(C(F)(F)F)ccc23)C1. The second kappa shape index (κ2) is 8.33.